The van der Waals surface area contributed by atoms with E-state index >= 15 is 0 Å². The molecular weight excluding hydrogens is 496 g/mol. The maximum atomic E-state index is 13.9. The van der Waals surface area contributed by atoms with Crippen LogP contribution in [0, 0.1) is 17.8 Å². The summed E-state index contributed by atoms with van der Waals surface area (Å²) in [5, 5.41) is 13.2. The van der Waals surface area contributed by atoms with Crippen molar-refractivity contribution in [3.8, 4) is 0 Å². The van der Waals surface area contributed by atoms with Gasteiger partial charge >= 0.3 is 5.97 Å². The summed E-state index contributed by atoms with van der Waals surface area (Å²) in [5.41, 5.74) is 0. The second-order valence-corrected chi connectivity index (χ2v) is 12.0. The van der Waals surface area contributed by atoms with Crippen molar-refractivity contribution in [1.29, 1.82) is 0 Å². The van der Waals surface area contributed by atoms with E-state index < -0.39 is 28.7 Å². The van der Waals surface area contributed by atoms with Crippen molar-refractivity contribution in [2.75, 3.05) is 19.8 Å². The average molecular weight is 534 g/mol. The largest absolute Gasteiger partial charge is 0.466 e. The molecule has 182 valence electrons. The Morgan fingerprint density at radius 3 is 2.66 bits per heavy atom. The summed E-state index contributed by atoms with van der Waals surface area (Å²) in [4.78, 5) is 42.1. The van der Waals surface area contributed by atoms with Gasteiger partial charge in [-0.2, -0.15) is 0 Å². The first-order valence-electron chi connectivity index (χ1n) is 12.0. The third-order valence-corrected chi connectivity index (χ3v) is 10.7. The Labute approximate surface area is 203 Å². The molecule has 2 N–H and O–H groups in total. The van der Waals surface area contributed by atoms with Gasteiger partial charge in [0.25, 0.3) is 0 Å². The van der Waals surface area contributed by atoms with E-state index in [4.69, 9.17) is 4.74 Å². The Kier molecular flexibility index (Phi) is 8.58. The smallest absolute Gasteiger partial charge is 0.310 e. The van der Waals surface area contributed by atoms with E-state index in [1.165, 1.54) is 0 Å². The number of carbonyl (C=O) groups is 3. The molecule has 3 heterocycles. The molecule has 0 aromatic carbocycles. The predicted molar refractivity (Wildman–Crippen MR) is 129 cm³/mol. The minimum absolute atomic E-state index is 0.0254. The molecule has 9 heteroatoms. The number of rotatable bonds is 11. The summed E-state index contributed by atoms with van der Waals surface area (Å²) >= 11 is 5.34. The van der Waals surface area contributed by atoms with Crippen LogP contribution in [0.3, 0.4) is 0 Å². The molecule has 0 aromatic rings. The number of hydrogen-bond acceptors (Lipinski definition) is 6. The molecule has 0 saturated carbocycles. The zero-order valence-electron chi connectivity index (χ0n) is 19.5. The lowest BCUT2D eigenvalue weighted by Gasteiger charge is -2.39. The van der Waals surface area contributed by atoms with Crippen LogP contribution in [0.5, 0.6) is 0 Å². The van der Waals surface area contributed by atoms with E-state index in [1.54, 1.807) is 23.6 Å². The predicted octanol–water partition coefficient (Wildman–Crippen LogP) is 2.73. The van der Waals surface area contributed by atoms with Gasteiger partial charge in [0.1, 0.15) is 6.04 Å². The minimum atomic E-state index is -0.706. The van der Waals surface area contributed by atoms with Crippen LogP contribution in [0.15, 0.2) is 0 Å². The van der Waals surface area contributed by atoms with Crippen LogP contribution in [-0.2, 0) is 19.1 Å². The van der Waals surface area contributed by atoms with Gasteiger partial charge in [-0.1, -0.05) is 56.0 Å². The number of halogens is 1. The standard InChI is InChI=1S/C23H37BrN2O5S/c1-5-8-9-10-25-20(28)19-23-11-14(24)18(32-23)16(22(30)31-7-3)17(23)21(29)26(19)15(12-27)13(4)6-2/h13-19,27H,5-12H2,1-4H3,(H,25,28)/t13-,14?,15-,16+,17-,18+,19?,23?/m0/s1. The number of aliphatic hydroxyl groups is 1. The molecule has 3 rings (SSSR count). The zero-order valence-corrected chi connectivity index (χ0v) is 21.9. The molecule has 3 unspecified atom stereocenters. The number of alkyl halides is 1. The number of hydrogen-bond donors (Lipinski definition) is 2. The van der Waals surface area contributed by atoms with Gasteiger partial charge < -0.3 is 20.1 Å². The maximum Gasteiger partial charge on any atom is 0.310 e. The van der Waals surface area contributed by atoms with Gasteiger partial charge in [0.05, 0.1) is 35.8 Å². The molecule has 1 spiro atoms. The van der Waals surface area contributed by atoms with Crippen molar-refractivity contribution in [2.45, 2.75) is 86.7 Å². The topological polar surface area (TPSA) is 95.9 Å². The van der Waals surface area contributed by atoms with E-state index in [2.05, 4.69) is 28.2 Å². The van der Waals surface area contributed by atoms with E-state index in [0.717, 1.165) is 25.7 Å². The van der Waals surface area contributed by atoms with E-state index in [1.807, 2.05) is 13.8 Å². The van der Waals surface area contributed by atoms with Crippen LogP contribution in [0.25, 0.3) is 0 Å². The minimum Gasteiger partial charge on any atom is -0.466 e. The molecule has 3 saturated heterocycles. The number of ether oxygens (including phenoxy) is 1. The lowest BCUT2D eigenvalue weighted by Crippen LogP contribution is -2.58. The number of nitrogens with one attached hydrogen (secondary N) is 1. The van der Waals surface area contributed by atoms with Gasteiger partial charge in [-0.25, -0.2) is 0 Å². The lowest BCUT2D eigenvalue weighted by atomic mass is 9.71. The Bertz CT molecular complexity index is 725. The SMILES string of the molecule is CCCCCNC(=O)C1N([C@@H](CO)[C@@H](C)CC)C(=O)[C@@H]2[C@@H](C(=O)OCC)[C@@H]3SC12CC3Br. The first-order chi connectivity index (χ1) is 15.3. The van der Waals surface area contributed by atoms with Gasteiger partial charge in [-0.3, -0.25) is 14.4 Å². The Morgan fingerprint density at radius 1 is 1.34 bits per heavy atom. The summed E-state index contributed by atoms with van der Waals surface area (Å²) in [6.45, 7) is 8.50. The van der Waals surface area contributed by atoms with Gasteiger partial charge in [-0.15, -0.1) is 11.8 Å². The van der Waals surface area contributed by atoms with Crippen LogP contribution < -0.4 is 5.32 Å². The molecule has 32 heavy (non-hydrogen) atoms. The van der Waals surface area contributed by atoms with E-state index in [-0.39, 0.29) is 47.0 Å². The Morgan fingerprint density at radius 2 is 2.06 bits per heavy atom. The lowest BCUT2D eigenvalue weighted by molar-refractivity contribution is -0.154. The van der Waals surface area contributed by atoms with Crippen molar-refractivity contribution in [3.05, 3.63) is 0 Å². The molecule has 3 aliphatic heterocycles. The highest BCUT2D eigenvalue weighted by molar-refractivity contribution is 9.09. The van der Waals surface area contributed by atoms with Gasteiger partial charge in [0, 0.05) is 16.6 Å². The number of carbonyl (C=O) groups excluding carboxylic acids is 3. The fraction of sp³-hybridized carbons (Fsp3) is 0.870. The van der Waals surface area contributed by atoms with Crippen LogP contribution in [-0.4, -0.2) is 74.5 Å². The van der Waals surface area contributed by atoms with Crippen molar-refractivity contribution in [1.82, 2.24) is 10.2 Å². The molecule has 0 aromatic heterocycles. The summed E-state index contributed by atoms with van der Waals surface area (Å²) in [7, 11) is 0. The molecule has 2 bridgehead atoms. The zero-order chi connectivity index (χ0) is 23.6. The Balaban J connectivity index is 2.01. The monoisotopic (exact) mass is 532 g/mol. The summed E-state index contributed by atoms with van der Waals surface area (Å²) in [5.74, 6) is -1.88. The molecule has 0 radical (unpaired) electrons. The number of fused-ring (bicyclic) bond motifs is 1. The molecule has 0 aliphatic carbocycles. The maximum absolute atomic E-state index is 13.9. The third-order valence-electron chi connectivity index (χ3n) is 7.46. The highest BCUT2D eigenvalue weighted by Gasteiger charge is 2.76. The quantitative estimate of drug-likeness (QED) is 0.241. The van der Waals surface area contributed by atoms with Crippen molar-refractivity contribution in [2.24, 2.45) is 17.8 Å². The molecule has 2 amide bonds. The second-order valence-electron chi connectivity index (χ2n) is 9.29. The number of nitrogens with zero attached hydrogens (tertiary/aromatic N) is 1. The summed E-state index contributed by atoms with van der Waals surface area (Å²) < 4.78 is 4.67. The van der Waals surface area contributed by atoms with Gasteiger partial charge in [0.2, 0.25) is 11.8 Å². The average Bonchev–Trinajstić information content (AvgIpc) is 3.35. The Hall–Kier alpha value is -0.800. The number of thioether (sulfide) groups is 1. The number of amides is 2. The van der Waals surface area contributed by atoms with E-state index in [0.29, 0.717) is 13.0 Å². The molecule has 8 atom stereocenters. The molecular formula is C23H37BrN2O5S. The third kappa shape index (κ3) is 4.22. The molecule has 3 aliphatic rings. The highest BCUT2D eigenvalue weighted by Crippen LogP contribution is 2.68. The van der Waals surface area contributed by atoms with Crippen LogP contribution in [0.2, 0.25) is 0 Å². The van der Waals surface area contributed by atoms with Crippen molar-refractivity contribution in [3.63, 3.8) is 0 Å². The van der Waals surface area contributed by atoms with Gasteiger partial charge in [0.15, 0.2) is 0 Å². The second kappa shape index (κ2) is 10.6. The first kappa shape index (κ1) is 25.8. The number of aliphatic hydroxyl groups excluding tert-OH is 1. The van der Waals surface area contributed by atoms with Crippen molar-refractivity contribution >= 4 is 45.5 Å². The van der Waals surface area contributed by atoms with Crippen LogP contribution >= 0.6 is 27.7 Å². The number of likely N-dealkylation sites (tertiary alicyclic amines) is 1. The summed E-state index contributed by atoms with van der Waals surface area (Å²) in [6, 6.07) is -1.17. The first-order valence-corrected chi connectivity index (χ1v) is 13.8. The number of unbranched alkanes of at least 4 members (excludes halogenated alkanes) is 2. The van der Waals surface area contributed by atoms with Gasteiger partial charge in [-0.05, 0) is 25.7 Å². The van der Waals surface area contributed by atoms with E-state index in [9.17, 15) is 19.5 Å². The molecule has 7 nitrogen and oxygen atoms in total. The number of esters is 1. The van der Waals surface area contributed by atoms with Crippen LogP contribution in [0.4, 0.5) is 0 Å². The fourth-order valence-corrected chi connectivity index (χ4v) is 9.32. The van der Waals surface area contributed by atoms with Crippen LogP contribution in [0.1, 0.15) is 59.8 Å². The molecule has 3 fully saturated rings. The fourth-order valence-electron chi connectivity index (χ4n) is 5.73. The summed E-state index contributed by atoms with van der Waals surface area (Å²) in [6.07, 6.45) is 4.38. The normalized spacial score (nSPS) is 35.0. The highest BCUT2D eigenvalue weighted by atomic mass is 79.9. The van der Waals surface area contributed by atoms with Crippen molar-refractivity contribution < 1.29 is 24.2 Å².